The van der Waals surface area contributed by atoms with Crippen molar-refractivity contribution in [1.29, 1.82) is 0 Å². The minimum Gasteiger partial charge on any atom is -0.462 e. The van der Waals surface area contributed by atoms with Crippen molar-refractivity contribution in [3.63, 3.8) is 0 Å². The summed E-state index contributed by atoms with van der Waals surface area (Å²) in [5.41, 5.74) is 1.54. The Bertz CT molecular complexity index is 675. The van der Waals surface area contributed by atoms with E-state index < -0.39 is 12.0 Å². The summed E-state index contributed by atoms with van der Waals surface area (Å²) in [6.45, 7) is 15.2. The van der Waals surface area contributed by atoms with Gasteiger partial charge in [0.15, 0.2) is 5.69 Å². The molecule has 0 aliphatic carbocycles. The smallest absolute Gasteiger partial charge is 0.338 e. The highest BCUT2D eigenvalue weighted by Crippen LogP contribution is 2.28. The van der Waals surface area contributed by atoms with Gasteiger partial charge in [-0.05, 0) is 39.3 Å². The van der Waals surface area contributed by atoms with Crippen LogP contribution in [0.25, 0.3) is 4.85 Å². The van der Waals surface area contributed by atoms with Crippen LogP contribution < -0.4 is 5.32 Å². The monoisotopic (exact) mass is 331 g/mol. The van der Waals surface area contributed by atoms with Gasteiger partial charge in [-0.25, -0.2) is 9.64 Å². The van der Waals surface area contributed by atoms with Gasteiger partial charge in [-0.3, -0.25) is 4.79 Å². The van der Waals surface area contributed by atoms with Crippen molar-refractivity contribution in [3.05, 3.63) is 41.7 Å². The largest absolute Gasteiger partial charge is 0.462 e. The second-order valence-corrected chi connectivity index (χ2v) is 5.98. The fraction of sp³-hybridized carbons (Fsp3) is 0.444. The molecular formula is C18H25N3O3. The second-order valence-electron chi connectivity index (χ2n) is 5.98. The number of likely N-dealkylation sites (N-methyl/N-ethyl adjacent to an activating group) is 1. The summed E-state index contributed by atoms with van der Waals surface area (Å²) < 4.78 is 5.32. The van der Waals surface area contributed by atoms with Crippen LogP contribution in [0.5, 0.6) is 0 Å². The number of hydrogen-bond donors (Lipinski definition) is 1. The zero-order chi connectivity index (χ0) is 18.5. The van der Waals surface area contributed by atoms with Crippen molar-refractivity contribution in [2.24, 2.45) is 0 Å². The van der Waals surface area contributed by atoms with Crippen LogP contribution in [0.2, 0.25) is 0 Å². The Morgan fingerprint density at radius 2 is 2.04 bits per heavy atom. The van der Waals surface area contributed by atoms with Gasteiger partial charge < -0.3 is 14.5 Å². The number of amides is 1. The fourth-order valence-corrected chi connectivity index (χ4v) is 2.15. The third-order valence-corrected chi connectivity index (χ3v) is 4.23. The maximum Gasteiger partial charge on any atom is 0.338 e. The van der Waals surface area contributed by atoms with Crippen LogP contribution in [-0.4, -0.2) is 42.6 Å². The van der Waals surface area contributed by atoms with Crippen LogP contribution in [0, 0.1) is 20.5 Å². The molecular weight excluding hydrogens is 306 g/mol. The highest BCUT2D eigenvalue weighted by atomic mass is 16.5. The van der Waals surface area contributed by atoms with Gasteiger partial charge in [-0.15, -0.1) is 7.05 Å². The molecule has 0 saturated heterocycles. The van der Waals surface area contributed by atoms with E-state index in [0.717, 1.165) is 0 Å². The van der Waals surface area contributed by atoms with Crippen molar-refractivity contribution in [2.75, 3.05) is 25.5 Å². The first-order chi connectivity index (χ1) is 11.2. The SMILES string of the molecule is [C-]#[N+]c1cc(C)c(NC(=O)C(C)[N+]([CH2-])(C)CC)c(C(=O)OCC)c1. The normalized spacial score (nSPS) is 14.2. The summed E-state index contributed by atoms with van der Waals surface area (Å²) >= 11 is 0. The summed E-state index contributed by atoms with van der Waals surface area (Å²) in [6, 6.07) is 2.68. The Morgan fingerprint density at radius 3 is 2.54 bits per heavy atom. The van der Waals surface area contributed by atoms with Crippen LogP contribution in [0.3, 0.4) is 0 Å². The summed E-state index contributed by atoms with van der Waals surface area (Å²) in [5, 5.41) is 2.81. The van der Waals surface area contributed by atoms with Gasteiger partial charge in [-0.1, -0.05) is 6.07 Å². The van der Waals surface area contributed by atoms with E-state index in [0.29, 0.717) is 23.5 Å². The number of nitrogens with one attached hydrogen (secondary N) is 1. The minimum atomic E-state index is -0.559. The zero-order valence-electron chi connectivity index (χ0n) is 15.0. The van der Waals surface area contributed by atoms with Crippen molar-refractivity contribution >= 4 is 23.3 Å². The van der Waals surface area contributed by atoms with E-state index in [4.69, 9.17) is 11.3 Å². The molecule has 0 bridgehead atoms. The lowest BCUT2D eigenvalue weighted by Gasteiger charge is -2.41. The zero-order valence-corrected chi connectivity index (χ0v) is 15.0. The summed E-state index contributed by atoms with van der Waals surface area (Å²) in [5.74, 6) is -0.796. The van der Waals surface area contributed by atoms with Crippen LogP contribution >= 0.6 is 0 Å². The number of rotatable bonds is 6. The first-order valence-electron chi connectivity index (χ1n) is 7.87. The predicted octanol–water partition coefficient (Wildman–Crippen LogP) is 3.31. The van der Waals surface area contributed by atoms with Gasteiger partial charge in [0.1, 0.15) is 6.04 Å². The second kappa shape index (κ2) is 7.93. The molecule has 24 heavy (non-hydrogen) atoms. The van der Waals surface area contributed by atoms with Gasteiger partial charge in [0, 0.05) is 7.05 Å². The molecule has 1 amide bonds. The number of anilines is 1. The quantitative estimate of drug-likeness (QED) is 0.494. The van der Waals surface area contributed by atoms with E-state index in [1.54, 1.807) is 26.8 Å². The van der Waals surface area contributed by atoms with Crippen molar-refractivity contribution in [3.8, 4) is 0 Å². The Labute approximate surface area is 143 Å². The first kappa shape index (κ1) is 19.7. The van der Waals surface area contributed by atoms with Gasteiger partial charge in [0.05, 0.1) is 31.0 Å². The standard InChI is InChI=1S/C18H25N3O3/c1-8-21(6,7)13(4)17(22)20-16-12(3)10-14(19-5)11-15(16)18(23)24-9-2/h10-11,13H,6,8-9H2,1-4,7H3,(H,20,22). The van der Waals surface area contributed by atoms with Gasteiger partial charge in [0.2, 0.25) is 0 Å². The molecule has 6 nitrogen and oxygen atoms in total. The number of ether oxygens (including phenoxy) is 1. The summed E-state index contributed by atoms with van der Waals surface area (Å²) in [7, 11) is 5.90. The van der Waals surface area contributed by atoms with E-state index in [-0.39, 0.29) is 22.6 Å². The number of carbonyl (C=O) groups excluding carboxylic acids is 2. The third-order valence-electron chi connectivity index (χ3n) is 4.23. The molecule has 1 aromatic rings. The van der Waals surface area contributed by atoms with E-state index >= 15 is 0 Å². The molecule has 0 radical (unpaired) electrons. The number of hydrogen-bond acceptors (Lipinski definition) is 3. The molecule has 6 heteroatoms. The number of esters is 1. The fourth-order valence-electron chi connectivity index (χ4n) is 2.15. The van der Waals surface area contributed by atoms with Gasteiger partial charge in [0.25, 0.3) is 5.91 Å². The lowest BCUT2D eigenvalue weighted by atomic mass is 10.1. The highest BCUT2D eigenvalue weighted by molar-refractivity contribution is 6.04. The van der Waals surface area contributed by atoms with Crippen LogP contribution in [-0.2, 0) is 9.53 Å². The Balaban J connectivity index is 3.26. The summed E-state index contributed by atoms with van der Waals surface area (Å²) in [4.78, 5) is 28.1. The molecule has 0 aliphatic rings. The topological polar surface area (TPSA) is 59.8 Å². The molecule has 1 N–H and O–H groups in total. The molecule has 130 valence electrons. The molecule has 0 aromatic heterocycles. The molecule has 1 rings (SSSR count). The maximum absolute atomic E-state index is 12.6. The number of carbonyl (C=O) groups is 2. The predicted molar refractivity (Wildman–Crippen MR) is 93.6 cm³/mol. The third kappa shape index (κ3) is 4.33. The molecule has 0 saturated carbocycles. The summed E-state index contributed by atoms with van der Waals surface area (Å²) in [6.07, 6.45) is 0. The Morgan fingerprint density at radius 1 is 1.42 bits per heavy atom. The van der Waals surface area contributed by atoms with Gasteiger partial charge in [-0.2, -0.15) is 0 Å². The van der Waals surface area contributed by atoms with E-state index in [1.165, 1.54) is 6.07 Å². The first-order valence-corrected chi connectivity index (χ1v) is 7.87. The molecule has 0 fully saturated rings. The van der Waals surface area contributed by atoms with E-state index in [1.807, 2.05) is 14.0 Å². The van der Waals surface area contributed by atoms with Crippen molar-refractivity contribution in [1.82, 2.24) is 0 Å². The van der Waals surface area contributed by atoms with E-state index in [9.17, 15) is 9.59 Å². The number of quaternary nitrogens is 1. The Kier molecular flexibility index (Phi) is 6.50. The Hall–Kier alpha value is -2.39. The van der Waals surface area contributed by atoms with Crippen LogP contribution in [0.4, 0.5) is 11.4 Å². The number of aryl methyl sites for hydroxylation is 1. The molecule has 2 unspecified atom stereocenters. The van der Waals surface area contributed by atoms with Gasteiger partial charge >= 0.3 is 5.97 Å². The maximum atomic E-state index is 12.6. The average molecular weight is 331 g/mol. The lowest BCUT2D eigenvalue weighted by molar-refractivity contribution is -0.878. The number of nitrogens with zero attached hydrogens (tertiary/aromatic N) is 2. The van der Waals surface area contributed by atoms with E-state index in [2.05, 4.69) is 17.2 Å². The molecule has 2 atom stereocenters. The highest BCUT2D eigenvalue weighted by Gasteiger charge is 2.26. The number of benzene rings is 1. The lowest BCUT2D eigenvalue weighted by Crippen LogP contribution is -2.51. The molecule has 0 aliphatic heterocycles. The molecule has 1 aromatic carbocycles. The minimum absolute atomic E-state index is 0.193. The van der Waals surface area contributed by atoms with Crippen LogP contribution in [0.15, 0.2) is 12.1 Å². The van der Waals surface area contributed by atoms with Crippen molar-refractivity contribution < 1.29 is 18.8 Å². The molecule has 0 spiro atoms. The van der Waals surface area contributed by atoms with Crippen LogP contribution in [0.1, 0.15) is 36.7 Å². The van der Waals surface area contributed by atoms with Crippen molar-refractivity contribution in [2.45, 2.75) is 33.7 Å². The molecule has 0 heterocycles. The average Bonchev–Trinajstić information content (AvgIpc) is 2.55.